The summed E-state index contributed by atoms with van der Waals surface area (Å²) in [6, 6.07) is 29.5. The smallest absolute Gasteiger partial charge is 0.261 e. The summed E-state index contributed by atoms with van der Waals surface area (Å²) in [5, 5.41) is 5.35. The number of nitrogens with zero attached hydrogens (tertiary/aromatic N) is 2. The molecule has 0 spiro atoms. The van der Waals surface area contributed by atoms with Crippen LogP contribution in [0.4, 0.5) is 17.2 Å². The number of rotatable bonds is 6. The van der Waals surface area contributed by atoms with E-state index < -0.39 is 10.0 Å². The van der Waals surface area contributed by atoms with E-state index in [-0.39, 0.29) is 4.90 Å². The molecule has 0 saturated heterocycles. The average molecular weight is 507 g/mol. The summed E-state index contributed by atoms with van der Waals surface area (Å²) >= 11 is 0. The van der Waals surface area contributed by atoms with Crippen molar-refractivity contribution >= 4 is 49.2 Å². The lowest BCUT2D eigenvalue weighted by Crippen LogP contribution is -2.12. The van der Waals surface area contributed by atoms with Crippen LogP contribution in [-0.2, 0) is 10.0 Å². The molecular formula is C29H22N4O3S. The molecule has 0 unspecified atom stereocenters. The second-order valence-corrected chi connectivity index (χ2v) is 10.4. The number of hydrogen-bond acceptors (Lipinski definition) is 6. The number of anilines is 3. The fraction of sp³-hybridized carbons (Fsp3) is 0.0345. The summed E-state index contributed by atoms with van der Waals surface area (Å²) < 4.78 is 34.1. The third kappa shape index (κ3) is 4.50. The number of fused-ring (bicyclic) bond motifs is 3. The van der Waals surface area contributed by atoms with E-state index in [4.69, 9.17) is 4.42 Å². The Morgan fingerprint density at radius 3 is 2.30 bits per heavy atom. The molecule has 0 radical (unpaired) electrons. The van der Waals surface area contributed by atoms with E-state index in [0.29, 0.717) is 11.5 Å². The normalized spacial score (nSPS) is 11.6. The van der Waals surface area contributed by atoms with Crippen molar-refractivity contribution < 1.29 is 12.8 Å². The number of hydrogen-bond donors (Lipinski definition) is 2. The summed E-state index contributed by atoms with van der Waals surface area (Å²) in [6.45, 7) is 1.91. The molecule has 2 aromatic heterocycles. The van der Waals surface area contributed by atoms with E-state index in [9.17, 15) is 8.42 Å². The molecule has 0 bridgehead atoms. The predicted molar refractivity (Wildman–Crippen MR) is 146 cm³/mol. The van der Waals surface area contributed by atoms with Crippen molar-refractivity contribution in [1.82, 2.24) is 9.97 Å². The minimum atomic E-state index is -3.67. The Morgan fingerprint density at radius 1 is 0.757 bits per heavy atom. The van der Waals surface area contributed by atoms with Crippen LogP contribution in [0.5, 0.6) is 0 Å². The van der Waals surface area contributed by atoms with Crippen LogP contribution < -0.4 is 10.0 Å². The molecule has 2 N–H and O–H groups in total. The largest absolute Gasteiger partial charge is 0.455 e. The van der Waals surface area contributed by atoms with Crippen LogP contribution >= 0.6 is 0 Å². The average Bonchev–Trinajstić information content (AvgIpc) is 3.29. The SMILES string of the molecule is Cc1ccc(S(=O)(=O)Nc2ccc(Nc3cc(-c4cccc5c4oc4ccccc45)ncn3)cc2)cc1. The van der Waals surface area contributed by atoms with Crippen molar-refractivity contribution in [2.24, 2.45) is 0 Å². The zero-order valence-electron chi connectivity index (χ0n) is 19.8. The standard InChI is InChI=1S/C29H22N4O3S/c1-19-9-15-22(16-10-19)37(34,35)33-21-13-11-20(12-14-21)32-28-17-26(30-18-31-28)25-7-4-6-24-23-5-2-3-8-27(23)36-29(24)25/h2-18,33H,1H3,(H,30,31,32). The Hall–Kier alpha value is -4.69. The molecule has 0 atom stereocenters. The van der Waals surface area contributed by atoms with Gasteiger partial charge in [-0.25, -0.2) is 18.4 Å². The van der Waals surface area contributed by atoms with Gasteiger partial charge >= 0.3 is 0 Å². The van der Waals surface area contributed by atoms with E-state index in [0.717, 1.165) is 44.4 Å². The quantitative estimate of drug-likeness (QED) is 0.255. The molecule has 182 valence electrons. The van der Waals surface area contributed by atoms with Crippen LogP contribution in [0.15, 0.2) is 113 Å². The molecule has 0 amide bonds. The third-order valence-electron chi connectivity index (χ3n) is 6.09. The van der Waals surface area contributed by atoms with E-state index in [1.54, 1.807) is 48.5 Å². The van der Waals surface area contributed by atoms with Crippen molar-refractivity contribution in [3.05, 3.63) is 109 Å². The lowest BCUT2D eigenvalue weighted by Gasteiger charge is -2.10. The van der Waals surface area contributed by atoms with E-state index in [1.165, 1.54) is 6.33 Å². The molecule has 0 aliphatic rings. The lowest BCUT2D eigenvalue weighted by atomic mass is 10.1. The number of sulfonamides is 1. The van der Waals surface area contributed by atoms with Gasteiger partial charge in [0.1, 0.15) is 23.3 Å². The zero-order valence-corrected chi connectivity index (χ0v) is 20.7. The molecule has 37 heavy (non-hydrogen) atoms. The summed E-state index contributed by atoms with van der Waals surface area (Å²) in [4.78, 5) is 9.04. The first-order valence-corrected chi connectivity index (χ1v) is 13.1. The molecule has 4 aromatic carbocycles. The number of furan rings is 1. The molecule has 0 aliphatic carbocycles. The van der Waals surface area contributed by atoms with Crippen LogP contribution in [0.1, 0.15) is 5.56 Å². The van der Waals surface area contributed by atoms with Crippen molar-refractivity contribution in [2.45, 2.75) is 11.8 Å². The molecule has 2 heterocycles. The van der Waals surface area contributed by atoms with Crippen molar-refractivity contribution in [3.63, 3.8) is 0 Å². The summed E-state index contributed by atoms with van der Waals surface area (Å²) in [6.07, 6.45) is 1.50. The fourth-order valence-corrected chi connectivity index (χ4v) is 5.28. The molecular weight excluding hydrogens is 484 g/mol. The molecule has 0 aliphatic heterocycles. The van der Waals surface area contributed by atoms with Crippen molar-refractivity contribution in [3.8, 4) is 11.3 Å². The van der Waals surface area contributed by atoms with Gasteiger partial charge in [0, 0.05) is 33.8 Å². The first-order chi connectivity index (χ1) is 18.0. The number of aryl methyl sites for hydroxylation is 1. The van der Waals surface area contributed by atoms with Crippen LogP contribution in [0.25, 0.3) is 33.2 Å². The summed E-state index contributed by atoms with van der Waals surface area (Å²) in [5.41, 5.74) is 5.42. The Bertz CT molecular complexity index is 1850. The maximum atomic E-state index is 12.7. The van der Waals surface area contributed by atoms with Gasteiger partial charge in [0.2, 0.25) is 0 Å². The Balaban J connectivity index is 1.23. The highest BCUT2D eigenvalue weighted by atomic mass is 32.2. The van der Waals surface area contributed by atoms with Gasteiger partial charge in [-0.1, -0.05) is 48.0 Å². The number of benzene rings is 4. The Labute approximate surface area is 213 Å². The highest BCUT2D eigenvalue weighted by molar-refractivity contribution is 7.92. The van der Waals surface area contributed by atoms with Gasteiger partial charge in [-0.15, -0.1) is 0 Å². The van der Waals surface area contributed by atoms with Gasteiger partial charge in [0.15, 0.2) is 0 Å². The zero-order chi connectivity index (χ0) is 25.4. The summed E-state index contributed by atoms with van der Waals surface area (Å²) in [7, 11) is -3.67. The van der Waals surface area contributed by atoms with Gasteiger partial charge in [-0.05, 0) is 55.5 Å². The minimum absolute atomic E-state index is 0.216. The van der Waals surface area contributed by atoms with E-state index in [2.05, 4.69) is 20.0 Å². The number of aromatic nitrogens is 2. The first kappa shape index (κ1) is 22.8. The highest BCUT2D eigenvalue weighted by Crippen LogP contribution is 2.35. The monoisotopic (exact) mass is 506 g/mol. The Kier molecular flexibility index (Phi) is 5.58. The molecule has 6 rings (SSSR count). The second kappa shape index (κ2) is 9.07. The number of nitrogens with one attached hydrogen (secondary N) is 2. The van der Waals surface area contributed by atoms with Crippen molar-refractivity contribution in [2.75, 3.05) is 10.0 Å². The fourth-order valence-electron chi connectivity index (χ4n) is 4.22. The summed E-state index contributed by atoms with van der Waals surface area (Å²) in [5.74, 6) is 0.603. The van der Waals surface area contributed by atoms with Crippen LogP contribution in [0.2, 0.25) is 0 Å². The molecule has 0 saturated carbocycles. The first-order valence-electron chi connectivity index (χ1n) is 11.7. The maximum Gasteiger partial charge on any atom is 0.261 e. The van der Waals surface area contributed by atoms with Gasteiger partial charge in [0.25, 0.3) is 10.0 Å². The van der Waals surface area contributed by atoms with Gasteiger partial charge in [-0.3, -0.25) is 4.72 Å². The van der Waals surface area contributed by atoms with Crippen LogP contribution in [0, 0.1) is 6.92 Å². The lowest BCUT2D eigenvalue weighted by molar-refractivity contribution is 0.601. The van der Waals surface area contributed by atoms with Crippen molar-refractivity contribution in [1.29, 1.82) is 0 Å². The number of para-hydroxylation sites is 2. The van der Waals surface area contributed by atoms with Gasteiger partial charge in [-0.2, -0.15) is 0 Å². The van der Waals surface area contributed by atoms with Gasteiger partial charge < -0.3 is 9.73 Å². The maximum absolute atomic E-state index is 12.7. The third-order valence-corrected chi connectivity index (χ3v) is 7.49. The second-order valence-electron chi connectivity index (χ2n) is 8.69. The predicted octanol–water partition coefficient (Wildman–Crippen LogP) is 6.90. The molecule has 7 nitrogen and oxygen atoms in total. The molecule has 0 fully saturated rings. The topological polar surface area (TPSA) is 97.1 Å². The van der Waals surface area contributed by atoms with Gasteiger partial charge in [0.05, 0.1) is 10.6 Å². The molecule has 6 aromatic rings. The minimum Gasteiger partial charge on any atom is -0.455 e. The van der Waals surface area contributed by atoms with Crippen LogP contribution in [0.3, 0.4) is 0 Å². The van der Waals surface area contributed by atoms with E-state index in [1.807, 2.05) is 55.5 Å². The highest BCUT2D eigenvalue weighted by Gasteiger charge is 2.15. The van der Waals surface area contributed by atoms with Crippen LogP contribution in [-0.4, -0.2) is 18.4 Å². The Morgan fingerprint density at radius 2 is 1.49 bits per heavy atom. The molecule has 8 heteroatoms. The van der Waals surface area contributed by atoms with E-state index >= 15 is 0 Å².